The second kappa shape index (κ2) is 13.1. The van der Waals surface area contributed by atoms with E-state index in [2.05, 4.69) is 4.90 Å². The van der Waals surface area contributed by atoms with E-state index in [4.69, 9.17) is 15.2 Å². The zero-order valence-electron chi connectivity index (χ0n) is 21.7. The van der Waals surface area contributed by atoms with E-state index in [-0.39, 0.29) is 5.82 Å². The van der Waals surface area contributed by atoms with E-state index in [0.717, 1.165) is 30.5 Å². The lowest BCUT2D eigenvalue weighted by molar-refractivity contribution is -0.121. The number of benzene rings is 3. The minimum Gasteiger partial charge on any atom is -0.494 e. The summed E-state index contributed by atoms with van der Waals surface area (Å²) in [6.07, 6.45) is 2.50. The van der Waals surface area contributed by atoms with Crippen LogP contribution in [0.2, 0.25) is 0 Å². The smallest absolute Gasteiger partial charge is 0.236 e. The largest absolute Gasteiger partial charge is 0.494 e. The first-order chi connectivity index (χ1) is 18.4. The molecule has 3 aromatic carbocycles. The number of likely N-dealkylation sites (tertiary alicyclic amines) is 1. The van der Waals surface area contributed by atoms with Crippen LogP contribution in [0, 0.1) is 5.82 Å². The van der Waals surface area contributed by atoms with Crippen LogP contribution in [0.1, 0.15) is 24.8 Å². The molecule has 1 aliphatic heterocycles. The molecule has 8 heteroatoms. The number of halogens is 1. The van der Waals surface area contributed by atoms with Gasteiger partial charge in [0.1, 0.15) is 16.3 Å². The van der Waals surface area contributed by atoms with Gasteiger partial charge >= 0.3 is 0 Å². The first kappa shape index (κ1) is 28.0. The molecular weight excluding hydrogens is 503 g/mol. The average molecular weight is 539 g/mol. The van der Waals surface area contributed by atoms with Crippen molar-refractivity contribution in [1.82, 2.24) is 4.90 Å². The van der Waals surface area contributed by atoms with Crippen LogP contribution in [0.15, 0.2) is 77.7 Å². The van der Waals surface area contributed by atoms with Gasteiger partial charge in [-0.1, -0.05) is 42.5 Å². The zero-order valence-corrected chi connectivity index (χ0v) is 22.6. The molecule has 4 rings (SSSR count). The van der Waals surface area contributed by atoms with Crippen LogP contribution < -0.4 is 10.5 Å². The lowest BCUT2D eigenvalue weighted by Gasteiger charge is -2.38. The summed E-state index contributed by atoms with van der Waals surface area (Å²) in [5, 5.41) is 0. The van der Waals surface area contributed by atoms with Gasteiger partial charge in [-0.3, -0.25) is 9.00 Å². The molecule has 202 valence electrons. The number of hydrogen-bond acceptors (Lipinski definition) is 5. The molecule has 0 bridgehead atoms. The number of hydrogen-bond donors (Lipinski definition) is 1. The van der Waals surface area contributed by atoms with E-state index in [1.54, 1.807) is 43.5 Å². The summed E-state index contributed by atoms with van der Waals surface area (Å²) < 4.78 is 37.6. The molecule has 6 nitrogen and oxygen atoms in total. The summed E-state index contributed by atoms with van der Waals surface area (Å²) in [6, 6.07) is 21.8. The van der Waals surface area contributed by atoms with Gasteiger partial charge in [-0.05, 0) is 67.1 Å². The number of ether oxygens (including phenoxy) is 2. The Kier molecular flexibility index (Phi) is 9.66. The Morgan fingerprint density at radius 2 is 1.76 bits per heavy atom. The van der Waals surface area contributed by atoms with E-state index in [1.165, 1.54) is 6.07 Å². The fraction of sp³-hybridized carbons (Fsp3) is 0.367. The number of methoxy groups -OCH3 is 1. The Hall–Kier alpha value is -3.07. The van der Waals surface area contributed by atoms with E-state index >= 15 is 0 Å². The van der Waals surface area contributed by atoms with E-state index in [9.17, 15) is 13.4 Å². The van der Waals surface area contributed by atoms with Crippen molar-refractivity contribution >= 4 is 16.7 Å². The molecule has 1 fully saturated rings. The molecule has 1 saturated heterocycles. The molecule has 0 saturated carbocycles. The van der Waals surface area contributed by atoms with Crippen LogP contribution in [-0.4, -0.2) is 59.7 Å². The summed E-state index contributed by atoms with van der Waals surface area (Å²) in [5.74, 6) is -0.0679. The summed E-state index contributed by atoms with van der Waals surface area (Å²) in [7, 11) is 0.107. The number of primary amides is 1. The second-order valence-electron chi connectivity index (χ2n) is 9.57. The molecule has 0 radical (unpaired) electrons. The third kappa shape index (κ3) is 6.67. The van der Waals surface area contributed by atoms with Crippen LogP contribution in [0.4, 0.5) is 4.39 Å². The van der Waals surface area contributed by atoms with Crippen LogP contribution in [-0.2, 0) is 26.8 Å². The lowest BCUT2D eigenvalue weighted by Crippen LogP contribution is -2.55. The average Bonchev–Trinajstić information content (AvgIpc) is 2.95. The van der Waals surface area contributed by atoms with Gasteiger partial charge in [0, 0.05) is 37.2 Å². The molecular formula is C30H35FN2O4S. The van der Waals surface area contributed by atoms with Crippen LogP contribution in [0.3, 0.4) is 0 Å². The van der Waals surface area contributed by atoms with Gasteiger partial charge in [-0.2, -0.15) is 0 Å². The minimum atomic E-state index is -1.55. The van der Waals surface area contributed by atoms with Gasteiger partial charge < -0.3 is 20.1 Å². The molecule has 38 heavy (non-hydrogen) atoms. The van der Waals surface area contributed by atoms with Crippen molar-refractivity contribution in [1.29, 1.82) is 0 Å². The Labute approximate surface area is 226 Å². The summed E-state index contributed by atoms with van der Waals surface area (Å²) >= 11 is 0. The summed E-state index contributed by atoms with van der Waals surface area (Å²) in [4.78, 5) is 15.2. The summed E-state index contributed by atoms with van der Waals surface area (Å²) in [6.45, 7) is 3.22. The lowest BCUT2D eigenvalue weighted by atomic mass is 9.95. The van der Waals surface area contributed by atoms with Crippen LogP contribution in [0.5, 0.6) is 5.75 Å². The van der Waals surface area contributed by atoms with Crippen molar-refractivity contribution in [2.45, 2.75) is 35.3 Å². The Morgan fingerprint density at radius 3 is 2.45 bits per heavy atom. The van der Waals surface area contributed by atoms with Crippen molar-refractivity contribution in [2.75, 3.05) is 40.0 Å². The topological polar surface area (TPSA) is 81.9 Å². The van der Waals surface area contributed by atoms with Crippen molar-refractivity contribution in [3.05, 3.63) is 84.2 Å². The third-order valence-corrected chi connectivity index (χ3v) is 9.13. The van der Waals surface area contributed by atoms with Gasteiger partial charge in [-0.15, -0.1) is 0 Å². The normalized spacial score (nSPS) is 16.2. The maximum atomic E-state index is 14.1. The first-order valence-corrected chi connectivity index (χ1v) is 14.1. The predicted octanol–water partition coefficient (Wildman–Crippen LogP) is 4.58. The monoisotopic (exact) mass is 538 g/mol. The predicted molar refractivity (Wildman–Crippen MR) is 148 cm³/mol. The number of piperidine rings is 1. The van der Waals surface area contributed by atoms with E-state index < -0.39 is 21.5 Å². The number of aryl methyl sites for hydroxylation is 1. The van der Waals surface area contributed by atoms with Crippen LogP contribution in [0.25, 0.3) is 11.1 Å². The maximum absolute atomic E-state index is 14.1. The van der Waals surface area contributed by atoms with Gasteiger partial charge in [0.15, 0.2) is 0 Å². The highest BCUT2D eigenvalue weighted by Crippen LogP contribution is 2.33. The fourth-order valence-electron chi connectivity index (χ4n) is 4.82. The fourth-order valence-corrected chi connectivity index (χ4v) is 6.39. The molecule has 1 unspecified atom stereocenters. The van der Waals surface area contributed by atoms with Gasteiger partial charge in [-0.25, -0.2) is 4.39 Å². The van der Waals surface area contributed by atoms with Crippen molar-refractivity contribution < 1.29 is 22.9 Å². The quantitative estimate of drug-likeness (QED) is 0.342. The number of amides is 1. The first-order valence-electron chi connectivity index (χ1n) is 12.9. The van der Waals surface area contributed by atoms with E-state index in [1.807, 2.05) is 30.3 Å². The highest BCUT2D eigenvalue weighted by molar-refractivity contribution is 7.87. The molecule has 1 aliphatic rings. The summed E-state index contributed by atoms with van der Waals surface area (Å²) in [5.41, 5.74) is 8.35. The highest BCUT2D eigenvalue weighted by atomic mass is 32.2. The molecule has 3 aromatic rings. The second-order valence-corrected chi connectivity index (χ2v) is 11.4. The van der Waals surface area contributed by atoms with Crippen molar-refractivity contribution in [2.24, 2.45) is 5.73 Å². The SMILES string of the molecule is COCCN1CCC(C(N)=O)(S(=O)c2ccc(OCCCc3cccc(-c4ccccc4F)c3)cc2)CC1. The molecule has 0 spiro atoms. The number of carbonyl (C=O) groups excluding carboxylic acids is 1. The Balaban J connectivity index is 1.30. The Bertz CT molecular complexity index is 1240. The molecule has 1 amide bonds. The van der Waals surface area contributed by atoms with Gasteiger partial charge in [0.2, 0.25) is 5.91 Å². The molecule has 1 heterocycles. The van der Waals surface area contributed by atoms with E-state index in [0.29, 0.717) is 55.4 Å². The van der Waals surface area contributed by atoms with Gasteiger partial charge in [0.25, 0.3) is 0 Å². The zero-order chi connectivity index (χ0) is 27.0. The number of nitrogens with zero attached hydrogens (tertiary/aromatic N) is 1. The number of rotatable bonds is 12. The van der Waals surface area contributed by atoms with Crippen LogP contribution >= 0.6 is 0 Å². The molecule has 2 N–H and O–H groups in total. The molecule has 0 aromatic heterocycles. The number of nitrogens with two attached hydrogens (primary N) is 1. The minimum absolute atomic E-state index is 0.230. The van der Waals surface area contributed by atoms with Crippen molar-refractivity contribution in [3.8, 4) is 16.9 Å². The maximum Gasteiger partial charge on any atom is 0.236 e. The third-order valence-electron chi connectivity index (χ3n) is 7.11. The highest BCUT2D eigenvalue weighted by Gasteiger charge is 2.46. The standard InChI is InChI=1S/C30H35FN2O4S/c1-36-21-19-33-17-15-30(16-18-33,29(32)34)38(35)26-13-11-25(12-14-26)37-20-5-7-23-6-4-8-24(22-23)27-9-2-3-10-28(27)31/h2-4,6,8-14,22H,5,7,15-21H2,1H3,(H2,32,34). The number of carbonyl (C=O) groups is 1. The van der Waals surface area contributed by atoms with Gasteiger partial charge in [0.05, 0.1) is 24.0 Å². The van der Waals surface area contributed by atoms with Crippen molar-refractivity contribution in [3.63, 3.8) is 0 Å². The Morgan fingerprint density at radius 1 is 1.03 bits per heavy atom. The molecule has 0 aliphatic carbocycles. The molecule has 1 atom stereocenters.